The van der Waals surface area contributed by atoms with Gasteiger partial charge < -0.3 is 19.7 Å². The van der Waals surface area contributed by atoms with Crippen LogP contribution >= 0.6 is 0 Å². The standard InChI is InChI=1S/C28H40N4O4/c1-8-32(9-2)23-14-13-22(25(16-23)35-7)17-29-31-28(34)24(15-19(3)4)30-26(33)18-36-27-20(5)11-10-12-21(27)6/h10-14,16-17,19,24H,8-9,15,18H2,1-7H3,(H,30,33)(H,31,34)/b29-17-/t24-/m1/s1. The number of carbonyl (C=O) groups is 2. The Bertz CT molecular complexity index is 1030. The molecule has 0 aromatic heterocycles. The Morgan fingerprint density at radius 2 is 1.75 bits per heavy atom. The topological polar surface area (TPSA) is 92.3 Å². The van der Waals surface area contributed by atoms with E-state index in [9.17, 15) is 9.59 Å². The van der Waals surface area contributed by atoms with Gasteiger partial charge in [0.1, 0.15) is 17.5 Å². The van der Waals surface area contributed by atoms with Crippen molar-refractivity contribution >= 4 is 23.7 Å². The minimum Gasteiger partial charge on any atom is -0.496 e. The van der Waals surface area contributed by atoms with Crippen LogP contribution in [0, 0.1) is 19.8 Å². The number of aryl methyl sites for hydroxylation is 2. The van der Waals surface area contributed by atoms with E-state index < -0.39 is 6.04 Å². The fourth-order valence-corrected chi connectivity index (χ4v) is 3.94. The van der Waals surface area contributed by atoms with E-state index in [1.165, 1.54) is 0 Å². The molecule has 1 atom stereocenters. The van der Waals surface area contributed by atoms with Crippen LogP contribution < -0.4 is 25.1 Å². The van der Waals surface area contributed by atoms with Crippen LogP contribution in [0.5, 0.6) is 11.5 Å². The van der Waals surface area contributed by atoms with Crippen molar-refractivity contribution in [1.82, 2.24) is 10.7 Å². The van der Waals surface area contributed by atoms with Gasteiger partial charge in [-0.05, 0) is 63.3 Å². The SMILES string of the molecule is CCN(CC)c1ccc(/C=N\NC(=O)[C@@H](CC(C)C)NC(=O)COc2c(C)cccc2C)c(OC)c1. The van der Waals surface area contributed by atoms with Crippen molar-refractivity contribution in [3.05, 3.63) is 53.1 Å². The number of methoxy groups -OCH3 is 1. The van der Waals surface area contributed by atoms with Gasteiger partial charge in [-0.3, -0.25) is 9.59 Å². The zero-order chi connectivity index (χ0) is 26.7. The van der Waals surface area contributed by atoms with Crippen LogP contribution in [0.2, 0.25) is 0 Å². The third-order valence-corrected chi connectivity index (χ3v) is 5.84. The fourth-order valence-electron chi connectivity index (χ4n) is 3.94. The van der Waals surface area contributed by atoms with Crippen molar-refractivity contribution in [3.8, 4) is 11.5 Å². The second kappa shape index (κ2) is 14.1. The van der Waals surface area contributed by atoms with E-state index in [4.69, 9.17) is 9.47 Å². The van der Waals surface area contributed by atoms with Gasteiger partial charge in [0.15, 0.2) is 6.61 Å². The van der Waals surface area contributed by atoms with Crippen LogP contribution in [0.25, 0.3) is 0 Å². The Morgan fingerprint density at radius 1 is 1.08 bits per heavy atom. The van der Waals surface area contributed by atoms with Gasteiger partial charge >= 0.3 is 0 Å². The summed E-state index contributed by atoms with van der Waals surface area (Å²) in [5, 5.41) is 6.90. The van der Waals surface area contributed by atoms with Crippen LogP contribution in [0.15, 0.2) is 41.5 Å². The Morgan fingerprint density at radius 3 is 2.33 bits per heavy atom. The lowest BCUT2D eigenvalue weighted by atomic mass is 10.0. The van der Waals surface area contributed by atoms with Crippen LogP contribution in [0.4, 0.5) is 5.69 Å². The lowest BCUT2D eigenvalue weighted by Gasteiger charge is -2.22. The highest BCUT2D eigenvalue weighted by Gasteiger charge is 2.22. The molecule has 0 fully saturated rings. The molecule has 0 heterocycles. The normalized spacial score (nSPS) is 11.9. The molecule has 0 aliphatic carbocycles. The number of ether oxygens (including phenoxy) is 2. The minimum atomic E-state index is -0.733. The number of para-hydroxylation sites is 1. The molecule has 196 valence electrons. The number of hydrogen-bond donors (Lipinski definition) is 2. The minimum absolute atomic E-state index is 0.174. The first-order chi connectivity index (χ1) is 17.2. The van der Waals surface area contributed by atoms with Gasteiger partial charge in [0.05, 0.1) is 13.3 Å². The monoisotopic (exact) mass is 496 g/mol. The maximum absolute atomic E-state index is 12.8. The summed E-state index contributed by atoms with van der Waals surface area (Å²) in [6.07, 6.45) is 2.01. The van der Waals surface area contributed by atoms with Crippen molar-refractivity contribution in [3.63, 3.8) is 0 Å². The summed E-state index contributed by atoms with van der Waals surface area (Å²) < 4.78 is 11.2. The molecule has 0 aliphatic heterocycles. The molecular weight excluding hydrogens is 456 g/mol. The summed E-state index contributed by atoms with van der Waals surface area (Å²) in [5.41, 5.74) is 6.25. The first-order valence-corrected chi connectivity index (χ1v) is 12.4. The highest BCUT2D eigenvalue weighted by atomic mass is 16.5. The molecule has 0 unspecified atom stereocenters. The zero-order valence-electron chi connectivity index (χ0n) is 22.6. The van der Waals surface area contributed by atoms with E-state index in [0.29, 0.717) is 17.9 Å². The Labute approximate surface area is 215 Å². The first-order valence-electron chi connectivity index (χ1n) is 12.4. The van der Waals surface area contributed by atoms with Crippen molar-refractivity contribution < 1.29 is 19.1 Å². The lowest BCUT2D eigenvalue weighted by molar-refractivity contribution is -0.130. The average Bonchev–Trinajstić information content (AvgIpc) is 2.84. The predicted molar refractivity (Wildman–Crippen MR) is 145 cm³/mol. The first kappa shape index (κ1) is 28.7. The number of nitrogens with one attached hydrogen (secondary N) is 2. The summed E-state index contributed by atoms with van der Waals surface area (Å²) in [6, 6.07) is 10.9. The molecule has 8 nitrogen and oxygen atoms in total. The predicted octanol–water partition coefficient (Wildman–Crippen LogP) is 4.22. The molecular formula is C28H40N4O4. The van der Waals surface area contributed by atoms with Gasteiger partial charge in [0.25, 0.3) is 11.8 Å². The third kappa shape index (κ3) is 8.29. The molecule has 0 saturated heterocycles. The Hall–Kier alpha value is -3.55. The van der Waals surface area contributed by atoms with Gasteiger partial charge in [0, 0.05) is 30.4 Å². The average molecular weight is 497 g/mol. The van der Waals surface area contributed by atoms with Crippen LogP contribution in [0.3, 0.4) is 0 Å². The molecule has 2 rings (SSSR count). The van der Waals surface area contributed by atoms with E-state index in [1.807, 2.05) is 64.1 Å². The number of hydrogen-bond acceptors (Lipinski definition) is 6. The molecule has 0 aliphatic rings. The molecule has 2 aromatic carbocycles. The number of hydrazone groups is 1. The van der Waals surface area contributed by atoms with Gasteiger partial charge in [-0.15, -0.1) is 0 Å². The molecule has 0 saturated carbocycles. The summed E-state index contributed by atoms with van der Waals surface area (Å²) in [6.45, 7) is 13.7. The second-order valence-corrected chi connectivity index (χ2v) is 9.09. The molecule has 36 heavy (non-hydrogen) atoms. The van der Waals surface area contributed by atoms with E-state index in [-0.39, 0.29) is 24.3 Å². The summed E-state index contributed by atoms with van der Waals surface area (Å²) in [4.78, 5) is 27.6. The maximum atomic E-state index is 12.8. The number of nitrogens with zero attached hydrogens (tertiary/aromatic N) is 2. The highest BCUT2D eigenvalue weighted by Crippen LogP contribution is 2.25. The van der Waals surface area contributed by atoms with E-state index in [0.717, 1.165) is 35.5 Å². The van der Waals surface area contributed by atoms with Crippen molar-refractivity contribution in [1.29, 1.82) is 0 Å². The Balaban J connectivity index is 2.03. The molecule has 0 radical (unpaired) electrons. The van der Waals surface area contributed by atoms with Gasteiger partial charge in [-0.25, -0.2) is 5.43 Å². The van der Waals surface area contributed by atoms with E-state index in [1.54, 1.807) is 13.3 Å². The third-order valence-electron chi connectivity index (χ3n) is 5.84. The molecule has 0 bridgehead atoms. The summed E-state index contributed by atoms with van der Waals surface area (Å²) >= 11 is 0. The highest BCUT2D eigenvalue weighted by molar-refractivity contribution is 5.90. The maximum Gasteiger partial charge on any atom is 0.262 e. The van der Waals surface area contributed by atoms with Crippen molar-refractivity contribution in [2.75, 3.05) is 31.7 Å². The van der Waals surface area contributed by atoms with Crippen molar-refractivity contribution in [2.45, 2.75) is 54.0 Å². The van der Waals surface area contributed by atoms with Crippen LogP contribution in [-0.4, -0.2) is 50.9 Å². The summed E-state index contributed by atoms with van der Waals surface area (Å²) in [7, 11) is 1.60. The number of rotatable bonds is 13. The van der Waals surface area contributed by atoms with Gasteiger partial charge in [0.2, 0.25) is 0 Å². The molecule has 2 amide bonds. The molecule has 0 spiro atoms. The quantitative estimate of drug-likeness (QED) is 0.320. The molecule has 2 N–H and O–H groups in total. The molecule has 8 heteroatoms. The number of anilines is 1. The number of amides is 2. The Kier molecular flexibility index (Phi) is 11.2. The number of benzene rings is 2. The zero-order valence-corrected chi connectivity index (χ0v) is 22.6. The van der Waals surface area contributed by atoms with E-state index >= 15 is 0 Å². The fraction of sp³-hybridized carbons (Fsp3) is 0.464. The smallest absolute Gasteiger partial charge is 0.262 e. The second-order valence-electron chi connectivity index (χ2n) is 9.09. The number of carbonyl (C=O) groups excluding carboxylic acids is 2. The van der Waals surface area contributed by atoms with E-state index in [2.05, 4.69) is 34.6 Å². The van der Waals surface area contributed by atoms with Gasteiger partial charge in [-0.2, -0.15) is 5.10 Å². The summed E-state index contributed by atoms with van der Waals surface area (Å²) in [5.74, 6) is 0.781. The van der Waals surface area contributed by atoms with Crippen LogP contribution in [-0.2, 0) is 9.59 Å². The van der Waals surface area contributed by atoms with Crippen LogP contribution in [0.1, 0.15) is 50.8 Å². The van der Waals surface area contributed by atoms with Gasteiger partial charge in [-0.1, -0.05) is 32.0 Å². The lowest BCUT2D eigenvalue weighted by Crippen LogP contribution is -2.47. The largest absolute Gasteiger partial charge is 0.496 e. The van der Waals surface area contributed by atoms with Crippen molar-refractivity contribution in [2.24, 2.45) is 11.0 Å². The molecule has 2 aromatic rings.